The Hall–Kier alpha value is -3.39. The highest BCUT2D eigenvalue weighted by molar-refractivity contribution is 7.99. The predicted molar refractivity (Wildman–Crippen MR) is 115 cm³/mol. The monoisotopic (exact) mass is 419 g/mol. The van der Waals surface area contributed by atoms with Crippen LogP contribution in [0.2, 0.25) is 0 Å². The first-order valence-corrected chi connectivity index (χ1v) is 10.5. The van der Waals surface area contributed by atoms with Crippen LogP contribution in [0.15, 0.2) is 82.8 Å². The third-order valence-electron chi connectivity index (χ3n) is 4.39. The van der Waals surface area contributed by atoms with E-state index in [1.54, 1.807) is 18.7 Å². The Morgan fingerprint density at radius 3 is 2.73 bits per heavy atom. The molecule has 0 bridgehead atoms. The van der Waals surface area contributed by atoms with Crippen molar-refractivity contribution < 1.29 is 9.21 Å². The minimum absolute atomic E-state index is 0.0257. The number of benzene rings is 1. The van der Waals surface area contributed by atoms with Gasteiger partial charge in [-0.3, -0.25) is 14.3 Å². The summed E-state index contributed by atoms with van der Waals surface area (Å²) in [5, 5.41) is 12.3. The number of rotatable bonds is 8. The highest BCUT2D eigenvalue weighted by Crippen LogP contribution is 2.27. The van der Waals surface area contributed by atoms with Crippen LogP contribution < -0.4 is 5.32 Å². The Kier molecular flexibility index (Phi) is 6.24. The average molecular weight is 420 g/mol. The number of carbonyl (C=O) groups excluding carboxylic acids is 1. The van der Waals surface area contributed by atoms with Gasteiger partial charge >= 0.3 is 0 Å². The number of nitrogens with one attached hydrogen (secondary N) is 1. The van der Waals surface area contributed by atoms with Crippen molar-refractivity contribution in [3.63, 3.8) is 0 Å². The standard InChI is InChI=1S/C22H21N5O2S/c1-16(13-19-10-6-12-29-19)24-20(28)15-30-22-26-25-21(17-7-5-11-23-14-17)27(22)18-8-3-2-4-9-18/h2-12,14,16H,13,15H2,1H3,(H,24,28). The van der Waals surface area contributed by atoms with Crippen LogP contribution in [-0.4, -0.2) is 37.5 Å². The van der Waals surface area contributed by atoms with Gasteiger partial charge in [0.25, 0.3) is 0 Å². The van der Waals surface area contributed by atoms with Crippen molar-refractivity contribution in [1.29, 1.82) is 0 Å². The lowest BCUT2D eigenvalue weighted by Crippen LogP contribution is -2.35. The fourth-order valence-electron chi connectivity index (χ4n) is 3.08. The molecule has 3 heterocycles. The van der Waals surface area contributed by atoms with E-state index in [2.05, 4.69) is 20.5 Å². The molecule has 0 spiro atoms. The summed E-state index contributed by atoms with van der Waals surface area (Å²) in [5.41, 5.74) is 1.78. The maximum absolute atomic E-state index is 12.4. The second-order valence-corrected chi connectivity index (χ2v) is 7.70. The molecule has 7 nitrogen and oxygen atoms in total. The zero-order valence-electron chi connectivity index (χ0n) is 16.4. The molecule has 1 amide bonds. The molecule has 0 aliphatic carbocycles. The number of pyridine rings is 1. The normalized spacial score (nSPS) is 11.9. The smallest absolute Gasteiger partial charge is 0.230 e. The summed E-state index contributed by atoms with van der Waals surface area (Å²) < 4.78 is 7.29. The quantitative estimate of drug-likeness (QED) is 0.438. The van der Waals surface area contributed by atoms with E-state index in [0.29, 0.717) is 17.4 Å². The van der Waals surface area contributed by atoms with Crippen molar-refractivity contribution in [2.75, 3.05) is 5.75 Å². The summed E-state index contributed by atoms with van der Waals surface area (Å²) in [7, 11) is 0. The molecule has 1 unspecified atom stereocenters. The first-order chi connectivity index (χ1) is 14.7. The number of amides is 1. The number of nitrogens with zero attached hydrogens (tertiary/aromatic N) is 4. The van der Waals surface area contributed by atoms with Crippen LogP contribution in [0.25, 0.3) is 17.1 Å². The van der Waals surface area contributed by atoms with E-state index in [1.165, 1.54) is 11.8 Å². The van der Waals surface area contributed by atoms with Gasteiger partial charge < -0.3 is 9.73 Å². The highest BCUT2D eigenvalue weighted by atomic mass is 32.2. The van der Waals surface area contributed by atoms with Crippen molar-refractivity contribution >= 4 is 17.7 Å². The van der Waals surface area contributed by atoms with Crippen LogP contribution in [0.1, 0.15) is 12.7 Å². The lowest BCUT2D eigenvalue weighted by atomic mass is 10.2. The molecule has 4 rings (SSSR count). The Bertz CT molecular complexity index is 1080. The molecule has 3 aromatic heterocycles. The molecular weight excluding hydrogens is 398 g/mol. The summed E-state index contributed by atoms with van der Waals surface area (Å²) in [4.78, 5) is 16.6. The van der Waals surface area contributed by atoms with E-state index in [0.717, 1.165) is 17.0 Å². The number of thioether (sulfide) groups is 1. The molecule has 0 radical (unpaired) electrons. The second-order valence-electron chi connectivity index (χ2n) is 6.76. The fraction of sp³-hybridized carbons (Fsp3) is 0.182. The number of hydrogen-bond donors (Lipinski definition) is 1. The van der Waals surface area contributed by atoms with E-state index in [9.17, 15) is 4.79 Å². The van der Waals surface area contributed by atoms with Crippen LogP contribution in [0, 0.1) is 0 Å². The van der Waals surface area contributed by atoms with Gasteiger partial charge in [-0.2, -0.15) is 0 Å². The summed E-state index contributed by atoms with van der Waals surface area (Å²) in [6.45, 7) is 1.96. The van der Waals surface area contributed by atoms with Crippen molar-refractivity contribution in [3.05, 3.63) is 79.0 Å². The van der Waals surface area contributed by atoms with Gasteiger partial charge in [-0.1, -0.05) is 30.0 Å². The third-order valence-corrected chi connectivity index (χ3v) is 5.32. The molecule has 0 aliphatic rings. The van der Waals surface area contributed by atoms with Crippen LogP contribution in [0.3, 0.4) is 0 Å². The van der Waals surface area contributed by atoms with Gasteiger partial charge in [0.2, 0.25) is 5.91 Å². The molecule has 4 aromatic rings. The van der Waals surface area contributed by atoms with Gasteiger partial charge in [0, 0.05) is 36.1 Å². The average Bonchev–Trinajstić information content (AvgIpc) is 3.43. The van der Waals surface area contributed by atoms with E-state index < -0.39 is 0 Å². The summed E-state index contributed by atoms with van der Waals surface area (Å²) >= 11 is 1.35. The minimum Gasteiger partial charge on any atom is -0.469 e. The Morgan fingerprint density at radius 2 is 2.00 bits per heavy atom. The second kappa shape index (κ2) is 9.41. The first-order valence-electron chi connectivity index (χ1n) is 9.56. The van der Waals surface area contributed by atoms with Crippen molar-refractivity contribution in [2.45, 2.75) is 24.5 Å². The van der Waals surface area contributed by atoms with Gasteiger partial charge in [0.15, 0.2) is 11.0 Å². The molecule has 0 aliphatic heterocycles. The van der Waals surface area contributed by atoms with Gasteiger partial charge in [-0.15, -0.1) is 10.2 Å². The largest absolute Gasteiger partial charge is 0.469 e. The van der Waals surface area contributed by atoms with Crippen LogP contribution in [-0.2, 0) is 11.2 Å². The molecule has 0 fully saturated rings. The molecule has 0 saturated heterocycles. The van der Waals surface area contributed by atoms with Crippen molar-refractivity contribution in [3.8, 4) is 17.1 Å². The molecular formula is C22H21N5O2S. The van der Waals surface area contributed by atoms with Crippen LogP contribution in [0.5, 0.6) is 0 Å². The molecule has 1 aromatic carbocycles. The maximum atomic E-state index is 12.4. The number of hydrogen-bond acceptors (Lipinski definition) is 6. The number of para-hydroxylation sites is 1. The highest BCUT2D eigenvalue weighted by Gasteiger charge is 2.18. The molecule has 152 valence electrons. The molecule has 1 atom stereocenters. The zero-order chi connectivity index (χ0) is 20.8. The zero-order valence-corrected chi connectivity index (χ0v) is 17.2. The van der Waals surface area contributed by atoms with Gasteiger partial charge in [0.1, 0.15) is 5.76 Å². The van der Waals surface area contributed by atoms with Gasteiger partial charge in [-0.05, 0) is 43.3 Å². The molecule has 0 saturated carbocycles. The van der Waals surface area contributed by atoms with Crippen molar-refractivity contribution in [1.82, 2.24) is 25.1 Å². The van der Waals surface area contributed by atoms with E-state index in [4.69, 9.17) is 4.42 Å². The SMILES string of the molecule is CC(Cc1ccco1)NC(=O)CSc1nnc(-c2cccnc2)n1-c1ccccc1. The number of furan rings is 1. The Morgan fingerprint density at radius 1 is 1.13 bits per heavy atom. The molecule has 8 heteroatoms. The van der Waals surface area contributed by atoms with Gasteiger partial charge in [0.05, 0.1) is 12.0 Å². The summed E-state index contributed by atoms with van der Waals surface area (Å²) in [5.74, 6) is 1.70. The van der Waals surface area contributed by atoms with Crippen molar-refractivity contribution in [2.24, 2.45) is 0 Å². The summed E-state index contributed by atoms with van der Waals surface area (Å²) in [6, 6.07) is 17.4. The van der Waals surface area contributed by atoms with E-state index >= 15 is 0 Å². The molecule has 1 N–H and O–H groups in total. The topological polar surface area (TPSA) is 85.8 Å². The van der Waals surface area contributed by atoms with Gasteiger partial charge in [-0.25, -0.2) is 0 Å². The first kappa shape index (κ1) is 19.9. The lowest BCUT2D eigenvalue weighted by molar-refractivity contribution is -0.119. The predicted octanol–water partition coefficient (Wildman–Crippen LogP) is 3.76. The number of carbonyl (C=O) groups is 1. The van der Waals surface area contributed by atoms with Crippen LogP contribution in [0.4, 0.5) is 0 Å². The number of aromatic nitrogens is 4. The summed E-state index contributed by atoms with van der Waals surface area (Å²) in [6.07, 6.45) is 5.75. The maximum Gasteiger partial charge on any atom is 0.230 e. The third kappa shape index (κ3) is 4.77. The Labute approximate surface area is 178 Å². The fourth-order valence-corrected chi connectivity index (χ4v) is 3.85. The molecule has 30 heavy (non-hydrogen) atoms. The van der Waals surface area contributed by atoms with Crippen LogP contribution >= 0.6 is 11.8 Å². The minimum atomic E-state index is -0.0652. The lowest BCUT2D eigenvalue weighted by Gasteiger charge is -2.13. The Balaban J connectivity index is 1.49. The van der Waals surface area contributed by atoms with E-state index in [-0.39, 0.29) is 17.7 Å². The van der Waals surface area contributed by atoms with E-state index in [1.807, 2.05) is 66.1 Å².